The minimum absolute atomic E-state index is 0.117. The van der Waals surface area contributed by atoms with Gasteiger partial charge in [-0.25, -0.2) is 9.78 Å². The van der Waals surface area contributed by atoms with Crippen molar-refractivity contribution < 1.29 is 4.79 Å². The van der Waals surface area contributed by atoms with Crippen molar-refractivity contribution in [3.05, 3.63) is 89.6 Å². The molecule has 0 fully saturated rings. The lowest BCUT2D eigenvalue weighted by atomic mass is 10.1. The highest BCUT2D eigenvalue weighted by Gasteiger charge is 2.16. The smallest absolute Gasteiger partial charge is 0.322 e. The zero-order valence-electron chi connectivity index (χ0n) is 15.3. The Morgan fingerprint density at radius 3 is 2.79 bits per heavy atom. The van der Waals surface area contributed by atoms with Gasteiger partial charge in [0.1, 0.15) is 5.56 Å². The van der Waals surface area contributed by atoms with E-state index in [2.05, 4.69) is 15.3 Å². The Morgan fingerprint density at radius 1 is 1.21 bits per heavy atom. The minimum Gasteiger partial charge on any atom is -0.322 e. The average molecular weight is 425 g/mol. The van der Waals surface area contributed by atoms with Crippen molar-refractivity contribution in [3.8, 4) is 11.3 Å². The zero-order valence-corrected chi connectivity index (χ0v) is 17.0. The Balaban J connectivity index is 1.61. The molecule has 7 nitrogen and oxygen atoms in total. The second kappa shape index (κ2) is 7.98. The summed E-state index contributed by atoms with van der Waals surface area (Å²) in [6, 6.07) is 10.9. The van der Waals surface area contributed by atoms with Crippen molar-refractivity contribution in [3.63, 3.8) is 0 Å². The molecule has 0 aliphatic heterocycles. The van der Waals surface area contributed by atoms with Crippen LogP contribution in [0.4, 0.5) is 5.69 Å². The molecule has 3 heterocycles. The molecule has 0 aliphatic rings. The van der Waals surface area contributed by atoms with Gasteiger partial charge in [0.2, 0.25) is 0 Å². The fourth-order valence-corrected chi connectivity index (χ4v) is 4.14. The Kier molecular flexibility index (Phi) is 5.24. The molecule has 4 rings (SSSR count). The third-order valence-corrected chi connectivity index (χ3v) is 5.87. The van der Waals surface area contributed by atoms with E-state index < -0.39 is 17.2 Å². The summed E-state index contributed by atoms with van der Waals surface area (Å²) < 4.78 is 1.02. The number of amides is 1. The molecular weight excluding hydrogens is 408 g/mol. The van der Waals surface area contributed by atoms with E-state index in [0.29, 0.717) is 5.69 Å². The third-order valence-electron chi connectivity index (χ3n) is 4.23. The van der Waals surface area contributed by atoms with Crippen molar-refractivity contribution in [2.24, 2.45) is 0 Å². The van der Waals surface area contributed by atoms with Gasteiger partial charge in [-0.2, -0.15) is 0 Å². The van der Waals surface area contributed by atoms with Gasteiger partial charge in [0.25, 0.3) is 11.5 Å². The van der Waals surface area contributed by atoms with E-state index in [1.165, 1.54) is 11.3 Å². The van der Waals surface area contributed by atoms with Gasteiger partial charge in [-0.1, -0.05) is 18.2 Å². The second-order valence-electron chi connectivity index (χ2n) is 6.26. The summed E-state index contributed by atoms with van der Waals surface area (Å²) in [5, 5.41) is 7.49. The number of carbonyl (C=O) groups is 1. The first-order chi connectivity index (χ1) is 14.0. The number of nitrogens with one attached hydrogen (secondary N) is 2. The van der Waals surface area contributed by atoms with Gasteiger partial charge in [0.05, 0.1) is 17.2 Å². The van der Waals surface area contributed by atoms with Crippen LogP contribution in [-0.4, -0.2) is 20.4 Å². The lowest BCUT2D eigenvalue weighted by molar-refractivity contribution is 0.102. The maximum atomic E-state index is 12.7. The number of nitrogens with zero attached hydrogens (tertiary/aromatic N) is 2. The van der Waals surface area contributed by atoms with Crippen LogP contribution in [0.5, 0.6) is 0 Å². The highest BCUT2D eigenvalue weighted by Crippen LogP contribution is 2.24. The van der Waals surface area contributed by atoms with Crippen LogP contribution in [0.3, 0.4) is 0 Å². The normalized spacial score (nSPS) is 10.8. The molecule has 0 unspecified atom stereocenters. The Bertz CT molecular complexity index is 1290. The van der Waals surface area contributed by atoms with Gasteiger partial charge < -0.3 is 10.3 Å². The SMILES string of the molecule is Cc1nc(-c2cccc(NC(=O)c3c[nH]c(=O)n(Cc4cccs4)c3=O)c2)cs1. The molecule has 3 aromatic heterocycles. The van der Waals surface area contributed by atoms with E-state index in [9.17, 15) is 14.4 Å². The molecule has 0 spiro atoms. The molecule has 0 atom stereocenters. The topological polar surface area (TPSA) is 96.8 Å². The van der Waals surface area contributed by atoms with Crippen LogP contribution in [0.25, 0.3) is 11.3 Å². The fourth-order valence-electron chi connectivity index (χ4n) is 2.83. The third kappa shape index (κ3) is 4.10. The maximum Gasteiger partial charge on any atom is 0.328 e. The molecule has 1 amide bonds. The van der Waals surface area contributed by atoms with Gasteiger partial charge >= 0.3 is 5.69 Å². The predicted molar refractivity (Wildman–Crippen MR) is 115 cm³/mol. The Morgan fingerprint density at radius 2 is 2.07 bits per heavy atom. The van der Waals surface area contributed by atoms with Gasteiger partial charge in [-0.3, -0.25) is 14.2 Å². The summed E-state index contributed by atoms with van der Waals surface area (Å²) in [5.41, 5.74) is 0.908. The minimum atomic E-state index is -0.633. The van der Waals surface area contributed by atoms with Crippen LogP contribution in [0.2, 0.25) is 0 Å². The number of thiophene rings is 1. The van der Waals surface area contributed by atoms with Gasteiger partial charge in [0.15, 0.2) is 0 Å². The molecule has 4 aromatic rings. The van der Waals surface area contributed by atoms with Crippen molar-refractivity contribution >= 4 is 34.3 Å². The van der Waals surface area contributed by atoms with E-state index in [0.717, 1.165) is 31.9 Å². The standard InChI is InChI=1S/C20H16N4O3S2/c1-12-22-17(11-29-12)13-4-2-5-14(8-13)23-18(25)16-9-21-20(27)24(19(16)26)10-15-6-3-7-28-15/h2-9,11H,10H2,1H3,(H,21,27)(H,23,25). The molecule has 0 saturated carbocycles. The van der Waals surface area contributed by atoms with Crippen LogP contribution in [0, 0.1) is 6.92 Å². The van der Waals surface area contributed by atoms with E-state index in [1.807, 2.05) is 41.9 Å². The summed E-state index contributed by atoms with van der Waals surface area (Å²) >= 11 is 2.98. The van der Waals surface area contributed by atoms with E-state index in [-0.39, 0.29) is 12.1 Å². The first-order valence-electron chi connectivity index (χ1n) is 8.70. The van der Waals surface area contributed by atoms with Crippen LogP contribution >= 0.6 is 22.7 Å². The van der Waals surface area contributed by atoms with Gasteiger partial charge in [-0.05, 0) is 30.5 Å². The number of hydrogen-bond donors (Lipinski definition) is 2. The molecule has 2 N–H and O–H groups in total. The van der Waals surface area contributed by atoms with Gasteiger partial charge in [0, 0.05) is 27.7 Å². The number of aromatic amines is 1. The Hall–Kier alpha value is -3.30. The second-order valence-corrected chi connectivity index (χ2v) is 8.36. The highest BCUT2D eigenvalue weighted by atomic mass is 32.1. The van der Waals surface area contributed by atoms with Crippen molar-refractivity contribution in [1.82, 2.24) is 14.5 Å². The molecular formula is C20H16N4O3S2. The van der Waals surface area contributed by atoms with Crippen LogP contribution in [0.1, 0.15) is 20.2 Å². The molecule has 1 aromatic carbocycles. The number of rotatable bonds is 5. The zero-order chi connectivity index (χ0) is 20.4. The summed E-state index contributed by atoms with van der Waals surface area (Å²) in [5.74, 6) is -0.585. The van der Waals surface area contributed by atoms with Crippen LogP contribution in [-0.2, 0) is 6.54 Å². The lowest BCUT2D eigenvalue weighted by Gasteiger charge is -2.08. The molecule has 0 bridgehead atoms. The van der Waals surface area contributed by atoms with E-state index in [4.69, 9.17) is 0 Å². The highest BCUT2D eigenvalue weighted by molar-refractivity contribution is 7.10. The monoisotopic (exact) mass is 424 g/mol. The number of thiazole rings is 1. The largest absolute Gasteiger partial charge is 0.328 e. The quantitative estimate of drug-likeness (QED) is 0.514. The summed E-state index contributed by atoms with van der Waals surface area (Å²) in [7, 11) is 0. The van der Waals surface area contributed by atoms with Crippen molar-refractivity contribution in [1.29, 1.82) is 0 Å². The fraction of sp³-hybridized carbons (Fsp3) is 0.100. The molecule has 0 saturated heterocycles. The number of carbonyl (C=O) groups excluding carboxylic acids is 1. The van der Waals surface area contributed by atoms with Gasteiger partial charge in [-0.15, -0.1) is 22.7 Å². The van der Waals surface area contributed by atoms with Crippen LogP contribution in [0.15, 0.2) is 62.9 Å². The number of aromatic nitrogens is 3. The van der Waals surface area contributed by atoms with E-state index >= 15 is 0 Å². The van der Waals surface area contributed by atoms with Crippen molar-refractivity contribution in [2.75, 3.05) is 5.32 Å². The summed E-state index contributed by atoms with van der Waals surface area (Å²) in [4.78, 5) is 45.3. The number of hydrogen-bond acceptors (Lipinski definition) is 6. The molecule has 146 valence electrons. The summed E-state index contributed by atoms with van der Waals surface area (Å²) in [6.45, 7) is 2.04. The average Bonchev–Trinajstić information content (AvgIpc) is 3.37. The first kappa shape index (κ1) is 19.0. The number of anilines is 1. The first-order valence-corrected chi connectivity index (χ1v) is 10.5. The molecule has 9 heteroatoms. The maximum absolute atomic E-state index is 12.7. The predicted octanol–water partition coefficient (Wildman–Crippen LogP) is 3.33. The van der Waals surface area contributed by atoms with Crippen molar-refractivity contribution in [2.45, 2.75) is 13.5 Å². The van der Waals surface area contributed by atoms with E-state index in [1.54, 1.807) is 23.5 Å². The summed E-state index contributed by atoms with van der Waals surface area (Å²) in [6.07, 6.45) is 1.15. The Labute approximate surface area is 173 Å². The number of benzene rings is 1. The van der Waals surface area contributed by atoms with Crippen LogP contribution < -0.4 is 16.6 Å². The molecule has 29 heavy (non-hydrogen) atoms. The number of aryl methyl sites for hydroxylation is 1. The molecule has 0 aliphatic carbocycles. The molecule has 0 radical (unpaired) electrons. The number of H-pyrrole nitrogens is 1. The lowest BCUT2D eigenvalue weighted by Crippen LogP contribution is -2.39.